The van der Waals surface area contributed by atoms with Crippen LogP contribution >= 0.6 is 24.8 Å². The van der Waals surface area contributed by atoms with Crippen LogP contribution in [0.5, 0.6) is 0 Å². The molecule has 6 nitrogen and oxygen atoms in total. The normalized spacial score (nSPS) is 20.4. The van der Waals surface area contributed by atoms with Crippen LogP contribution < -0.4 is 10.6 Å². The molecule has 140 valence electrons. The molecule has 1 fully saturated rings. The van der Waals surface area contributed by atoms with Gasteiger partial charge in [0.2, 0.25) is 5.91 Å². The fourth-order valence-electron chi connectivity index (χ4n) is 3.31. The van der Waals surface area contributed by atoms with Crippen LogP contribution in [0.15, 0.2) is 12.4 Å². The van der Waals surface area contributed by atoms with E-state index in [-0.39, 0.29) is 48.0 Å². The van der Waals surface area contributed by atoms with E-state index in [2.05, 4.69) is 48.6 Å². The van der Waals surface area contributed by atoms with Crippen LogP contribution in [0.2, 0.25) is 0 Å². The van der Waals surface area contributed by atoms with Gasteiger partial charge < -0.3 is 15.5 Å². The second-order valence-electron chi connectivity index (χ2n) is 7.44. The fraction of sp³-hybridized carbons (Fsp3) is 0.750. The number of carbonyl (C=O) groups is 1. The summed E-state index contributed by atoms with van der Waals surface area (Å²) in [6.45, 7) is 7.57. The van der Waals surface area contributed by atoms with Crippen molar-refractivity contribution >= 4 is 30.7 Å². The highest BCUT2D eigenvalue weighted by molar-refractivity contribution is 5.85. The van der Waals surface area contributed by atoms with Gasteiger partial charge in [-0.1, -0.05) is 13.8 Å². The Morgan fingerprint density at radius 3 is 2.62 bits per heavy atom. The van der Waals surface area contributed by atoms with Crippen molar-refractivity contribution in [3.8, 4) is 0 Å². The van der Waals surface area contributed by atoms with Gasteiger partial charge in [-0.15, -0.1) is 24.8 Å². The van der Waals surface area contributed by atoms with Gasteiger partial charge >= 0.3 is 0 Å². The number of aryl methyl sites for hydroxylation is 1. The number of halogens is 2. The summed E-state index contributed by atoms with van der Waals surface area (Å²) in [5, 5.41) is 10.7. The third-order valence-corrected chi connectivity index (χ3v) is 4.19. The Balaban J connectivity index is 0.00000264. The van der Waals surface area contributed by atoms with E-state index >= 15 is 0 Å². The fourth-order valence-corrected chi connectivity index (χ4v) is 3.31. The van der Waals surface area contributed by atoms with E-state index in [0.717, 1.165) is 25.2 Å². The number of aromatic nitrogens is 2. The highest BCUT2D eigenvalue weighted by Gasteiger charge is 2.35. The molecule has 24 heavy (non-hydrogen) atoms. The maximum atomic E-state index is 12.6. The first-order chi connectivity index (χ1) is 10.3. The topological polar surface area (TPSA) is 62.2 Å². The molecule has 0 aromatic carbocycles. The SMILES string of the molecule is CN(C)CC(C)(C)CNC(=O)[C@H]1CNC[C@@H]1c1cnn(C)c1.Cl.Cl. The minimum Gasteiger partial charge on any atom is -0.355 e. The first kappa shape index (κ1) is 23.2. The van der Waals surface area contributed by atoms with E-state index < -0.39 is 0 Å². The molecule has 1 amide bonds. The van der Waals surface area contributed by atoms with Gasteiger partial charge in [0.25, 0.3) is 0 Å². The zero-order chi connectivity index (χ0) is 16.3. The van der Waals surface area contributed by atoms with Crippen LogP contribution in [0.4, 0.5) is 0 Å². The molecule has 0 spiro atoms. The quantitative estimate of drug-likeness (QED) is 0.781. The van der Waals surface area contributed by atoms with Crippen molar-refractivity contribution in [3.05, 3.63) is 18.0 Å². The average Bonchev–Trinajstić information content (AvgIpc) is 3.02. The van der Waals surface area contributed by atoms with Crippen molar-refractivity contribution in [2.45, 2.75) is 19.8 Å². The molecule has 0 saturated carbocycles. The van der Waals surface area contributed by atoms with Gasteiger partial charge in [-0.3, -0.25) is 9.48 Å². The molecule has 1 aliphatic rings. The maximum absolute atomic E-state index is 12.6. The molecule has 2 heterocycles. The van der Waals surface area contributed by atoms with Gasteiger partial charge in [0, 0.05) is 45.3 Å². The van der Waals surface area contributed by atoms with Crippen LogP contribution in [-0.4, -0.2) is 60.9 Å². The van der Waals surface area contributed by atoms with Crippen molar-refractivity contribution in [1.29, 1.82) is 0 Å². The summed E-state index contributed by atoms with van der Waals surface area (Å²) in [4.78, 5) is 14.7. The minimum absolute atomic E-state index is 0. The number of amides is 1. The Hall–Kier alpha value is -0.820. The molecule has 8 heteroatoms. The second-order valence-corrected chi connectivity index (χ2v) is 7.44. The van der Waals surface area contributed by atoms with E-state index in [1.165, 1.54) is 0 Å². The smallest absolute Gasteiger partial charge is 0.225 e. The Bertz CT molecular complexity index is 518. The molecule has 2 rings (SSSR count). The Morgan fingerprint density at radius 1 is 1.42 bits per heavy atom. The second kappa shape index (κ2) is 9.61. The molecule has 1 aliphatic heterocycles. The number of carbonyl (C=O) groups excluding carboxylic acids is 1. The molecule has 1 aromatic rings. The summed E-state index contributed by atoms with van der Waals surface area (Å²) in [6, 6.07) is 0. The highest BCUT2D eigenvalue weighted by atomic mass is 35.5. The van der Waals surface area contributed by atoms with Gasteiger partial charge in [0.05, 0.1) is 12.1 Å². The van der Waals surface area contributed by atoms with E-state index in [9.17, 15) is 4.79 Å². The summed E-state index contributed by atoms with van der Waals surface area (Å²) in [5.41, 5.74) is 1.20. The molecular formula is C16H31Cl2N5O. The van der Waals surface area contributed by atoms with Crippen molar-refractivity contribution in [2.75, 3.05) is 40.3 Å². The minimum atomic E-state index is -0.0145. The van der Waals surface area contributed by atoms with Crippen molar-refractivity contribution in [3.63, 3.8) is 0 Å². The predicted molar refractivity (Wildman–Crippen MR) is 102 cm³/mol. The molecule has 0 unspecified atom stereocenters. The van der Waals surface area contributed by atoms with Gasteiger partial charge in [-0.25, -0.2) is 0 Å². The van der Waals surface area contributed by atoms with E-state index in [1.54, 1.807) is 4.68 Å². The standard InChI is InChI=1S/C16H29N5O.2ClH/c1-16(2,11-20(3)4)10-18-15(22)14-8-17-7-13(14)12-6-19-21(5)9-12;;/h6,9,13-14,17H,7-8,10-11H2,1-5H3,(H,18,22);2*1H/t13-,14+;;/m1../s1. The lowest BCUT2D eigenvalue weighted by atomic mass is 9.89. The number of hydrogen-bond acceptors (Lipinski definition) is 4. The van der Waals surface area contributed by atoms with Gasteiger partial charge in [0.1, 0.15) is 0 Å². The average molecular weight is 380 g/mol. The number of nitrogens with zero attached hydrogens (tertiary/aromatic N) is 3. The van der Waals surface area contributed by atoms with E-state index in [0.29, 0.717) is 6.54 Å². The third kappa shape index (κ3) is 6.24. The van der Waals surface area contributed by atoms with Gasteiger partial charge in [-0.05, 0) is 25.1 Å². The monoisotopic (exact) mass is 379 g/mol. The summed E-state index contributed by atoms with van der Waals surface area (Å²) in [5.74, 6) is 0.343. The first-order valence-electron chi connectivity index (χ1n) is 7.90. The van der Waals surface area contributed by atoms with Crippen LogP contribution in [0, 0.1) is 11.3 Å². The molecular weight excluding hydrogens is 349 g/mol. The molecule has 0 bridgehead atoms. The summed E-state index contributed by atoms with van der Waals surface area (Å²) < 4.78 is 1.79. The number of hydrogen-bond donors (Lipinski definition) is 2. The Morgan fingerprint density at radius 2 is 2.08 bits per heavy atom. The van der Waals surface area contributed by atoms with Crippen LogP contribution in [0.1, 0.15) is 25.3 Å². The van der Waals surface area contributed by atoms with Crippen molar-refractivity contribution in [2.24, 2.45) is 18.4 Å². The van der Waals surface area contributed by atoms with Gasteiger partial charge in [-0.2, -0.15) is 5.10 Å². The molecule has 0 radical (unpaired) electrons. The van der Waals surface area contributed by atoms with Crippen LogP contribution in [0.25, 0.3) is 0 Å². The molecule has 0 aliphatic carbocycles. The van der Waals surface area contributed by atoms with Crippen LogP contribution in [-0.2, 0) is 11.8 Å². The van der Waals surface area contributed by atoms with E-state index in [1.807, 2.05) is 19.4 Å². The molecule has 1 saturated heterocycles. The highest BCUT2D eigenvalue weighted by Crippen LogP contribution is 2.28. The Kier molecular flexibility index (Phi) is 9.28. The lowest BCUT2D eigenvalue weighted by molar-refractivity contribution is -0.125. The number of nitrogens with one attached hydrogen (secondary N) is 2. The zero-order valence-electron chi connectivity index (χ0n) is 15.2. The van der Waals surface area contributed by atoms with Crippen molar-refractivity contribution < 1.29 is 4.79 Å². The Labute approximate surface area is 157 Å². The lowest BCUT2D eigenvalue weighted by Gasteiger charge is -2.29. The number of rotatable bonds is 6. The lowest BCUT2D eigenvalue weighted by Crippen LogP contribution is -2.43. The maximum Gasteiger partial charge on any atom is 0.225 e. The largest absolute Gasteiger partial charge is 0.355 e. The first-order valence-corrected chi connectivity index (χ1v) is 7.90. The molecule has 1 aromatic heterocycles. The molecule has 2 atom stereocenters. The van der Waals surface area contributed by atoms with Gasteiger partial charge in [0.15, 0.2) is 0 Å². The zero-order valence-corrected chi connectivity index (χ0v) is 16.8. The predicted octanol–water partition coefficient (Wildman–Crippen LogP) is 1.27. The van der Waals surface area contributed by atoms with Crippen LogP contribution in [0.3, 0.4) is 0 Å². The van der Waals surface area contributed by atoms with Crippen molar-refractivity contribution in [1.82, 2.24) is 25.3 Å². The third-order valence-electron chi connectivity index (χ3n) is 4.19. The summed E-state index contributed by atoms with van der Waals surface area (Å²) in [7, 11) is 6.02. The summed E-state index contributed by atoms with van der Waals surface area (Å²) >= 11 is 0. The van der Waals surface area contributed by atoms with E-state index in [4.69, 9.17) is 0 Å². The molecule has 2 N–H and O–H groups in total. The summed E-state index contributed by atoms with van der Waals surface area (Å²) in [6.07, 6.45) is 3.88.